The first-order valence-electron chi connectivity index (χ1n) is 6.91. The summed E-state index contributed by atoms with van der Waals surface area (Å²) in [5.74, 6) is 0.712. The minimum absolute atomic E-state index is 0.463. The van der Waals surface area contributed by atoms with Gasteiger partial charge in [-0.25, -0.2) is 9.97 Å². The standard InChI is InChI=1S/C16H22N4/c1-12(2)17-9-14-10-18-16(19-11-14)20(4)15-7-5-6-13(3)8-15/h5-8,10-12,17H,9H2,1-4H3. The highest BCUT2D eigenvalue weighted by atomic mass is 15.2. The van der Waals surface area contributed by atoms with Crippen LogP contribution in [0.25, 0.3) is 0 Å². The fourth-order valence-corrected chi connectivity index (χ4v) is 1.89. The Kier molecular flexibility index (Phi) is 4.69. The van der Waals surface area contributed by atoms with Crippen LogP contribution in [0.4, 0.5) is 11.6 Å². The number of rotatable bonds is 5. The SMILES string of the molecule is Cc1cccc(N(C)c2ncc(CNC(C)C)cn2)c1. The van der Waals surface area contributed by atoms with Crippen LogP contribution < -0.4 is 10.2 Å². The molecule has 20 heavy (non-hydrogen) atoms. The number of aromatic nitrogens is 2. The number of benzene rings is 1. The monoisotopic (exact) mass is 270 g/mol. The van der Waals surface area contributed by atoms with E-state index in [0.717, 1.165) is 17.8 Å². The van der Waals surface area contributed by atoms with Gasteiger partial charge in [-0.15, -0.1) is 0 Å². The molecule has 1 aromatic heterocycles. The molecular weight excluding hydrogens is 248 g/mol. The van der Waals surface area contributed by atoms with Crippen molar-refractivity contribution < 1.29 is 0 Å². The van der Waals surface area contributed by atoms with Crippen LogP contribution in [0.3, 0.4) is 0 Å². The molecule has 0 unspecified atom stereocenters. The third-order valence-electron chi connectivity index (χ3n) is 3.10. The van der Waals surface area contributed by atoms with Gasteiger partial charge in [-0.3, -0.25) is 0 Å². The second-order valence-electron chi connectivity index (χ2n) is 5.32. The first-order chi connectivity index (χ1) is 9.56. The molecule has 1 N–H and O–H groups in total. The number of aryl methyl sites for hydroxylation is 1. The summed E-state index contributed by atoms with van der Waals surface area (Å²) in [6, 6.07) is 8.77. The molecule has 106 valence electrons. The third-order valence-corrected chi connectivity index (χ3v) is 3.10. The maximum Gasteiger partial charge on any atom is 0.229 e. The van der Waals surface area contributed by atoms with E-state index in [0.29, 0.717) is 12.0 Å². The van der Waals surface area contributed by atoms with E-state index in [2.05, 4.69) is 54.3 Å². The van der Waals surface area contributed by atoms with Gasteiger partial charge in [-0.2, -0.15) is 0 Å². The van der Waals surface area contributed by atoms with E-state index in [1.807, 2.05) is 30.4 Å². The molecule has 0 aliphatic heterocycles. The molecule has 2 aromatic rings. The summed E-state index contributed by atoms with van der Waals surface area (Å²) in [7, 11) is 1.98. The van der Waals surface area contributed by atoms with Crippen molar-refractivity contribution in [3.05, 3.63) is 47.8 Å². The van der Waals surface area contributed by atoms with Gasteiger partial charge < -0.3 is 10.2 Å². The van der Waals surface area contributed by atoms with Gasteiger partial charge in [-0.05, 0) is 24.6 Å². The quantitative estimate of drug-likeness (QED) is 0.906. The minimum Gasteiger partial charge on any atom is -0.314 e. The molecule has 0 atom stereocenters. The Morgan fingerprint density at radius 3 is 2.50 bits per heavy atom. The molecule has 0 saturated heterocycles. The average molecular weight is 270 g/mol. The van der Waals surface area contributed by atoms with Gasteiger partial charge in [0.25, 0.3) is 0 Å². The van der Waals surface area contributed by atoms with Crippen molar-refractivity contribution >= 4 is 11.6 Å². The molecule has 1 aromatic carbocycles. The maximum absolute atomic E-state index is 4.44. The van der Waals surface area contributed by atoms with Crippen molar-refractivity contribution in [1.29, 1.82) is 0 Å². The van der Waals surface area contributed by atoms with Gasteiger partial charge in [0.1, 0.15) is 0 Å². The fraction of sp³-hybridized carbons (Fsp3) is 0.375. The van der Waals surface area contributed by atoms with Crippen LogP contribution in [0.15, 0.2) is 36.7 Å². The van der Waals surface area contributed by atoms with Crippen LogP contribution in [-0.2, 0) is 6.54 Å². The number of nitrogens with one attached hydrogen (secondary N) is 1. The number of anilines is 2. The van der Waals surface area contributed by atoms with Crippen LogP contribution in [0.5, 0.6) is 0 Å². The van der Waals surface area contributed by atoms with Crippen LogP contribution in [-0.4, -0.2) is 23.1 Å². The predicted octanol–water partition coefficient (Wildman–Crippen LogP) is 3.05. The molecule has 0 amide bonds. The van der Waals surface area contributed by atoms with Crippen LogP contribution in [0.1, 0.15) is 25.0 Å². The summed E-state index contributed by atoms with van der Waals surface area (Å²) in [5.41, 5.74) is 3.42. The van der Waals surface area contributed by atoms with E-state index in [-0.39, 0.29) is 0 Å². The largest absolute Gasteiger partial charge is 0.314 e. The second kappa shape index (κ2) is 6.48. The zero-order chi connectivity index (χ0) is 14.5. The normalized spacial score (nSPS) is 10.8. The predicted molar refractivity (Wildman–Crippen MR) is 83.2 cm³/mol. The van der Waals surface area contributed by atoms with Gasteiger partial charge in [0.05, 0.1) is 0 Å². The van der Waals surface area contributed by atoms with Gasteiger partial charge in [-0.1, -0.05) is 26.0 Å². The molecule has 0 aliphatic carbocycles. The van der Waals surface area contributed by atoms with Crippen molar-refractivity contribution in [1.82, 2.24) is 15.3 Å². The molecule has 4 heteroatoms. The summed E-state index contributed by atoms with van der Waals surface area (Å²) < 4.78 is 0. The van der Waals surface area contributed by atoms with E-state index in [9.17, 15) is 0 Å². The lowest BCUT2D eigenvalue weighted by molar-refractivity contribution is 0.587. The molecule has 2 rings (SSSR count). The molecule has 0 spiro atoms. The first kappa shape index (κ1) is 14.5. The topological polar surface area (TPSA) is 41.1 Å². The molecule has 1 heterocycles. The number of hydrogen-bond acceptors (Lipinski definition) is 4. The van der Waals surface area contributed by atoms with Crippen molar-refractivity contribution in [2.24, 2.45) is 0 Å². The van der Waals surface area contributed by atoms with E-state index in [1.54, 1.807) is 0 Å². The first-order valence-corrected chi connectivity index (χ1v) is 6.91. The highest BCUT2D eigenvalue weighted by Crippen LogP contribution is 2.20. The Hall–Kier alpha value is -1.94. The Bertz CT molecular complexity index is 549. The second-order valence-corrected chi connectivity index (χ2v) is 5.32. The van der Waals surface area contributed by atoms with Gasteiger partial charge in [0, 0.05) is 43.3 Å². The van der Waals surface area contributed by atoms with Crippen LogP contribution >= 0.6 is 0 Å². The highest BCUT2D eigenvalue weighted by Gasteiger charge is 2.07. The van der Waals surface area contributed by atoms with Gasteiger partial charge in [0.2, 0.25) is 5.95 Å². The number of hydrogen-bond donors (Lipinski definition) is 1. The fourth-order valence-electron chi connectivity index (χ4n) is 1.89. The lowest BCUT2D eigenvalue weighted by Crippen LogP contribution is -2.22. The molecule has 0 aliphatic rings. The highest BCUT2D eigenvalue weighted by molar-refractivity contribution is 5.56. The van der Waals surface area contributed by atoms with E-state index >= 15 is 0 Å². The Morgan fingerprint density at radius 1 is 1.20 bits per heavy atom. The van der Waals surface area contributed by atoms with Crippen molar-refractivity contribution in [3.63, 3.8) is 0 Å². The summed E-state index contributed by atoms with van der Waals surface area (Å²) in [5, 5.41) is 3.36. The zero-order valence-corrected chi connectivity index (χ0v) is 12.6. The maximum atomic E-state index is 4.44. The van der Waals surface area contributed by atoms with E-state index < -0.39 is 0 Å². The lowest BCUT2D eigenvalue weighted by atomic mass is 10.2. The molecule has 0 bridgehead atoms. The third kappa shape index (κ3) is 3.78. The van der Waals surface area contributed by atoms with Crippen molar-refractivity contribution in [2.75, 3.05) is 11.9 Å². The molecule has 4 nitrogen and oxygen atoms in total. The average Bonchev–Trinajstić information content (AvgIpc) is 2.45. The van der Waals surface area contributed by atoms with Gasteiger partial charge in [0.15, 0.2) is 0 Å². The molecule has 0 radical (unpaired) electrons. The summed E-state index contributed by atoms with van der Waals surface area (Å²) in [4.78, 5) is 10.9. The van der Waals surface area contributed by atoms with E-state index in [4.69, 9.17) is 0 Å². The minimum atomic E-state index is 0.463. The van der Waals surface area contributed by atoms with Crippen LogP contribution in [0.2, 0.25) is 0 Å². The molecule has 0 saturated carbocycles. The van der Waals surface area contributed by atoms with Crippen molar-refractivity contribution in [3.8, 4) is 0 Å². The summed E-state index contributed by atoms with van der Waals surface area (Å²) >= 11 is 0. The Morgan fingerprint density at radius 2 is 1.90 bits per heavy atom. The van der Waals surface area contributed by atoms with Crippen molar-refractivity contribution in [2.45, 2.75) is 33.4 Å². The summed E-state index contributed by atoms with van der Waals surface area (Å²) in [6.07, 6.45) is 3.76. The van der Waals surface area contributed by atoms with Crippen LogP contribution in [0, 0.1) is 6.92 Å². The Labute approximate surface area is 120 Å². The smallest absolute Gasteiger partial charge is 0.229 e. The summed E-state index contributed by atoms with van der Waals surface area (Å²) in [6.45, 7) is 7.13. The Balaban J connectivity index is 2.09. The number of nitrogens with zero attached hydrogens (tertiary/aromatic N) is 3. The van der Waals surface area contributed by atoms with E-state index in [1.165, 1.54) is 5.56 Å². The molecule has 0 fully saturated rings. The lowest BCUT2D eigenvalue weighted by Gasteiger charge is -2.17. The zero-order valence-electron chi connectivity index (χ0n) is 12.6. The van der Waals surface area contributed by atoms with Gasteiger partial charge >= 0.3 is 0 Å². The molecular formula is C16H22N4.